The Labute approximate surface area is 106 Å². The molecule has 8 nitrogen and oxygen atoms in total. The van der Waals surface area contributed by atoms with Gasteiger partial charge in [0.1, 0.15) is 23.3 Å². The summed E-state index contributed by atoms with van der Waals surface area (Å²) in [4.78, 5) is 0. The molecule has 102 valence electrons. The lowest BCUT2D eigenvalue weighted by Crippen LogP contribution is -2.35. The van der Waals surface area contributed by atoms with Crippen LogP contribution in [0, 0.1) is 33.5 Å². The lowest BCUT2D eigenvalue weighted by atomic mass is 9.95. The maximum absolute atomic E-state index is 7.29. The first kappa shape index (κ1) is 15.9. The fourth-order valence-corrected chi connectivity index (χ4v) is 1.65. The van der Waals surface area contributed by atoms with Crippen molar-refractivity contribution in [3.8, 4) is 0 Å². The summed E-state index contributed by atoms with van der Waals surface area (Å²) in [5, 5.41) is 29.1. The molecule has 0 fully saturated rings. The zero-order valence-electron chi connectivity index (χ0n) is 10.3. The van der Waals surface area contributed by atoms with E-state index >= 15 is 0 Å². The Hall–Kier alpha value is -2.12. The average molecular weight is 254 g/mol. The number of unbranched alkanes of at least 4 members (excludes halogenated alkanes) is 1. The number of amidine groups is 4. The Morgan fingerprint density at radius 3 is 1.00 bits per heavy atom. The highest BCUT2D eigenvalue weighted by molar-refractivity contribution is 6.01. The zero-order valence-corrected chi connectivity index (χ0v) is 10.3. The van der Waals surface area contributed by atoms with Crippen LogP contribution in [0.25, 0.3) is 0 Å². The Balaban J connectivity index is 4.12. The summed E-state index contributed by atoms with van der Waals surface area (Å²) >= 11 is 0. The zero-order chi connectivity index (χ0) is 14.3. The van der Waals surface area contributed by atoms with Crippen molar-refractivity contribution >= 4 is 23.3 Å². The number of nitrogens with one attached hydrogen (secondary N) is 4. The van der Waals surface area contributed by atoms with Crippen molar-refractivity contribution < 1.29 is 0 Å². The van der Waals surface area contributed by atoms with E-state index in [9.17, 15) is 0 Å². The van der Waals surface area contributed by atoms with Crippen LogP contribution in [0.15, 0.2) is 0 Å². The van der Waals surface area contributed by atoms with Crippen LogP contribution in [0.2, 0.25) is 0 Å². The molecule has 0 aliphatic heterocycles. The summed E-state index contributed by atoms with van der Waals surface area (Å²) in [5.41, 5.74) is 21.3. The van der Waals surface area contributed by atoms with E-state index in [-0.39, 0.29) is 23.3 Å². The highest BCUT2D eigenvalue weighted by atomic mass is 14.8. The molecule has 0 spiro atoms. The van der Waals surface area contributed by atoms with Crippen molar-refractivity contribution in [3.63, 3.8) is 0 Å². The molecule has 0 heterocycles. The second-order valence-electron chi connectivity index (χ2n) is 4.21. The SMILES string of the molecule is N=C(N)C(CCCCC(C(=N)N)C(=N)N)C(=N)N. The predicted octanol–water partition coefficient (Wildman–Crippen LogP) is -0.477. The van der Waals surface area contributed by atoms with Crippen molar-refractivity contribution in [2.24, 2.45) is 34.8 Å². The summed E-state index contributed by atoms with van der Waals surface area (Å²) in [6.07, 6.45) is 2.38. The minimum absolute atomic E-state index is 0.114. The van der Waals surface area contributed by atoms with E-state index < -0.39 is 11.8 Å². The van der Waals surface area contributed by atoms with E-state index in [0.29, 0.717) is 25.7 Å². The molecule has 0 aliphatic rings. The summed E-state index contributed by atoms with van der Waals surface area (Å²) < 4.78 is 0. The molecule has 0 aromatic rings. The van der Waals surface area contributed by atoms with Crippen LogP contribution in [-0.2, 0) is 0 Å². The van der Waals surface area contributed by atoms with Gasteiger partial charge in [-0.05, 0) is 12.8 Å². The van der Waals surface area contributed by atoms with Gasteiger partial charge in [-0.3, -0.25) is 21.6 Å². The molecule has 12 N–H and O–H groups in total. The van der Waals surface area contributed by atoms with Gasteiger partial charge in [-0.15, -0.1) is 0 Å². The molecule has 8 heteroatoms. The first-order chi connectivity index (χ1) is 8.27. The van der Waals surface area contributed by atoms with Crippen molar-refractivity contribution in [2.75, 3.05) is 0 Å². The molecule has 0 aromatic carbocycles. The Bertz CT molecular complexity index is 286. The largest absolute Gasteiger partial charge is 0.387 e. The van der Waals surface area contributed by atoms with Crippen LogP contribution in [0.1, 0.15) is 25.7 Å². The molecule has 0 aromatic heterocycles. The minimum Gasteiger partial charge on any atom is -0.387 e. The third-order valence-corrected chi connectivity index (χ3v) is 2.74. The maximum Gasteiger partial charge on any atom is 0.101 e. The first-order valence-corrected chi connectivity index (χ1v) is 5.63. The second-order valence-corrected chi connectivity index (χ2v) is 4.21. The van der Waals surface area contributed by atoms with Gasteiger partial charge >= 0.3 is 0 Å². The molecule has 0 atom stereocenters. The molecule has 0 aliphatic carbocycles. The standard InChI is InChI=1S/C10H22N8/c11-7(12)5(8(13)14)3-1-2-4-6(9(15)16)10(17)18/h5-6H,1-4H2,(H3,11,12)(H3,13,14)(H3,15,16)(H3,17,18). The fraction of sp³-hybridized carbons (Fsp3) is 0.600. The van der Waals surface area contributed by atoms with Crippen LogP contribution >= 0.6 is 0 Å². The Kier molecular flexibility index (Phi) is 6.40. The maximum atomic E-state index is 7.29. The monoisotopic (exact) mass is 254 g/mol. The smallest absolute Gasteiger partial charge is 0.101 e. The van der Waals surface area contributed by atoms with E-state index in [4.69, 9.17) is 44.6 Å². The molecule has 0 saturated heterocycles. The van der Waals surface area contributed by atoms with Crippen LogP contribution in [-0.4, -0.2) is 23.3 Å². The van der Waals surface area contributed by atoms with Gasteiger partial charge in [-0.2, -0.15) is 0 Å². The molecule has 0 rings (SSSR count). The number of nitrogens with two attached hydrogens (primary N) is 4. The topological polar surface area (TPSA) is 199 Å². The van der Waals surface area contributed by atoms with Gasteiger partial charge < -0.3 is 22.9 Å². The van der Waals surface area contributed by atoms with Gasteiger partial charge in [0.2, 0.25) is 0 Å². The van der Waals surface area contributed by atoms with E-state index in [0.717, 1.165) is 0 Å². The average Bonchev–Trinajstić information content (AvgIpc) is 2.20. The van der Waals surface area contributed by atoms with Gasteiger partial charge in [0.15, 0.2) is 0 Å². The van der Waals surface area contributed by atoms with Gasteiger partial charge in [0.25, 0.3) is 0 Å². The molecular formula is C10H22N8. The van der Waals surface area contributed by atoms with Gasteiger partial charge in [-0.1, -0.05) is 12.8 Å². The molecule has 0 bridgehead atoms. The van der Waals surface area contributed by atoms with Crippen molar-refractivity contribution in [3.05, 3.63) is 0 Å². The van der Waals surface area contributed by atoms with Gasteiger partial charge in [0, 0.05) is 0 Å². The quantitative estimate of drug-likeness (QED) is 0.156. The molecule has 0 unspecified atom stereocenters. The van der Waals surface area contributed by atoms with Gasteiger partial charge in [-0.25, -0.2) is 0 Å². The Morgan fingerprint density at radius 2 is 0.833 bits per heavy atom. The lowest BCUT2D eigenvalue weighted by Gasteiger charge is -2.15. The summed E-state index contributed by atoms with van der Waals surface area (Å²) in [7, 11) is 0. The Morgan fingerprint density at radius 1 is 0.611 bits per heavy atom. The summed E-state index contributed by atoms with van der Waals surface area (Å²) in [6.45, 7) is 0. The van der Waals surface area contributed by atoms with Crippen LogP contribution in [0.3, 0.4) is 0 Å². The third kappa shape index (κ3) is 5.28. The van der Waals surface area contributed by atoms with E-state index in [1.807, 2.05) is 0 Å². The number of hydrogen-bond acceptors (Lipinski definition) is 4. The van der Waals surface area contributed by atoms with Crippen molar-refractivity contribution in [1.82, 2.24) is 0 Å². The number of rotatable bonds is 9. The summed E-state index contributed by atoms with van der Waals surface area (Å²) in [5.74, 6) is -1.51. The molecule has 0 saturated carbocycles. The number of hydrogen-bond donors (Lipinski definition) is 8. The van der Waals surface area contributed by atoms with Crippen LogP contribution in [0.4, 0.5) is 0 Å². The molecule has 0 amide bonds. The first-order valence-electron chi connectivity index (χ1n) is 5.63. The van der Waals surface area contributed by atoms with Crippen molar-refractivity contribution in [1.29, 1.82) is 21.6 Å². The van der Waals surface area contributed by atoms with Gasteiger partial charge in [0.05, 0.1) is 11.8 Å². The molecule has 0 radical (unpaired) electrons. The predicted molar refractivity (Wildman–Crippen MR) is 73.1 cm³/mol. The molecular weight excluding hydrogens is 232 g/mol. The highest BCUT2D eigenvalue weighted by Gasteiger charge is 2.17. The normalized spacial score (nSPS) is 13.6. The third-order valence-electron chi connectivity index (χ3n) is 2.74. The van der Waals surface area contributed by atoms with E-state index in [2.05, 4.69) is 0 Å². The highest BCUT2D eigenvalue weighted by Crippen LogP contribution is 2.13. The van der Waals surface area contributed by atoms with Crippen LogP contribution < -0.4 is 22.9 Å². The van der Waals surface area contributed by atoms with E-state index in [1.54, 1.807) is 0 Å². The minimum atomic E-state index is -0.530. The van der Waals surface area contributed by atoms with Crippen molar-refractivity contribution in [2.45, 2.75) is 25.7 Å². The van der Waals surface area contributed by atoms with E-state index in [1.165, 1.54) is 0 Å². The lowest BCUT2D eigenvalue weighted by molar-refractivity contribution is 0.597. The summed E-state index contributed by atoms with van der Waals surface area (Å²) in [6, 6.07) is 0. The fourth-order valence-electron chi connectivity index (χ4n) is 1.65. The molecule has 18 heavy (non-hydrogen) atoms. The van der Waals surface area contributed by atoms with Crippen LogP contribution in [0.5, 0.6) is 0 Å². The second kappa shape index (κ2) is 7.25.